The molecule has 0 heterocycles. The number of hydrogen-bond donors (Lipinski definition) is 2. The monoisotopic (exact) mass is 239 g/mol. The minimum atomic E-state index is -0.0367. The number of amides is 2. The molecule has 0 aromatic carbocycles. The standard InChI is InChI=1S/C14H27N2O/c1-6-7-15-12(17)16-11-8-13(2,3)10-14(4,5)9-11/h11H,2,6-10H2,1,3-5H3,(H2,15,16,17). The van der Waals surface area contributed by atoms with E-state index < -0.39 is 0 Å². The van der Waals surface area contributed by atoms with Crippen molar-refractivity contribution in [2.75, 3.05) is 6.54 Å². The second-order valence-corrected chi connectivity index (χ2v) is 6.66. The zero-order chi connectivity index (χ0) is 13.1. The molecule has 0 aromatic rings. The van der Waals surface area contributed by atoms with E-state index in [2.05, 4.69) is 45.3 Å². The molecule has 99 valence electrons. The zero-order valence-corrected chi connectivity index (χ0v) is 11.7. The molecule has 0 saturated heterocycles. The van der Waals surface area contributed by atoms with E-state index in [9.17, 15) is 4.79 Å². The van der Waals surface area contributed by atoms with Crippen LogP contribution < -0.4 is 10.6 Å². The summed E-state index contributed by atoms with van der Waals surface area (Å²) in [7, 11) is 0. The van der Waals surface area contributed by atoms with Crippen LogP contribution in [0.2, 0.25) is 0 Å². The Labute approximate surface area is 106 Å². The van der Waals surface area contributed by atoms with Crippen molar-refractivity contribution < 1.29 is 4.79 Å². The van der Waals surface area contributed by atoms with Gasteiger partial charge in [0.05, 0.1) is 0 Å². The van der Waals surface area contributed by atoms with Crippen LogP contribution in [0, 0.1) is 17.8 Å². The third-order valence-electron chi connectivity index (χ3n) is 3.31. The highest BCUT2D eigenvalue weighted by Crippen LogP contribution is 2.45. The molecule has 0 aliphatic heterocycles. The lowest BCUT2D eigenvalue weighted by Gasteiger charge is -2.45. The van der Waals surface area contributed by atoms with Gasteiger partial charge in [-0.1, -0.05) is 27.7 Å². The van der Waals surface area contributed by atoms with Crippen LogP contribution in [0.3, 0.4) is 0 Å². The fourth-order valence-corrected chi connectivity index (χ4v) is 3.21. The Kier molecular flexibility index (Phi) is 4.45. The molecule has 1 saturated carbocycles. The minimum Gasteiger partial charge on any atom is -0.338 e. The van der Waals surface area contributed by atoms with Crippen LogP contribution in [0.25, 0.3) is 0 Å². The highest BCUT2D eigenvalue weighted by molar-refractivity contribution is 5.74. The Morgan fingerprint density at radius 1 is 1.35 bits per heavy atom. The second kappa shape index (κ2) is 5.28. The van der Waals surface area contributed by atoms with E-state index in [1.165, 1.54) is 0 Å². The second-order valence-electron chi connectivity index (χ2n) is 6.66. The van der Waals surface area contributed by atoms with Gasteiger partial charge in [0.25, 0.3) is 0 Å². The first-order chi connectivity index (χ1) is 7.74. The van der Waals surface area contributed by atoms with Gasteiger partial charge in [-0.2, -0.15) is 0 Å². The number of nitrogens with one attached hydrogen (secondary N) is 2. The summed E-state index contributed by atoms with van der Waals surface area (Å²) in [5.74, 6) is 0. The van der Waals surface area contributed by atoms with E-state index in [4.69, 9.17) is 0 Å². The summed E-state index contributed by atoms with van der Waals surface area (Å²) in [5.41, 5.74) is 0.335. The lowest BCUT2D eigenvalue weighted by atomic mass is 9.63. The van der Waals surface area contributed by atoms with E-state index in [-0.39, 0.29) is 22.9 Å². The van der Waals surface area contributed by atoms with Gasteiger partial charge in [0, 0.05) is 12.6 Å². The Bertz CT molecular complexity index is 255. The average Bonchev–Trinajstić information content (AvgIpc) is 2.09. The summed E-state index contributed by atoms with van der Waals surface area (Å²) in [4.78, 5) is 11.6. The highest BCUT2D eigenvalue weighted by atomic mass is 16.2. The predicted molar refractivity (Wildman–Crippen MR) is 71.7 cm³/mol. The van der Waals surface area contributed by atoms with E-state index >= 15 is 0 Å². The molecule has 1 rings (SSSR count). The smallest absolute Gasteiger partial charge is 0.315 e. The van der Waals surface area contributed by atoms with Crippen LogP contribution >= 0.6 is 0 Å². The van der Waals surface area contributed by atoms with Gasteiger partial charge in [0.1, 0.15) is 0 Å². The summed E-state index contributed by atoms with van der Waals surface area (Å²) in [6, 6.07) is 0.212. The van der Waals surface area contributed by atoms with Crippen molar-refractivity contribution in [2.24, 2.45) is 10.8 Å². The SMILES string of the molecule is [CH2]C1(C)CC(NC(=O)NCCC)CC(C)(C)C1. The fourth-order valence-electron chi connectivity index (χ4n) is 3.21. The van der Waals surface area contributed by atoms with Crippen molar-refractivity contribution in [3.05, 3.63) is 6.92 Å². The molecule has 2 N–H and O–H groups in total. The van der Waals surface area contributed by atoms with Gasteiger partial charge in [-0.05, 0) is 43.4 Å². The zero-order valence-electron chi connectivity index (χ0n) is 11.7. The molecule has 2 unspecified atom stereocenters. The molecule has 1 fully saturated rings. The van der Waals surface area contributed by atoms with Gasteiger partial charge in [0.2, 0.25) is 0 Å². The fraction of sp³-hybridized carbons (Fsp3) is 0.857. The van der Waals surface area contributed by atoms with Crippen LogP contribution in [-0.4, -0.2) is 18.6 Å². The van der Waals surface area contributed by atoms with Gasteiger partial charge in [-0.3, -0.25) is 0 Å². The van der Waals surface area contributed by atoms with Crippen LogP contribution in [0.15, 0.2) is 0 Å². The maximum atomic E-state index is 11.6. The summed E-state index contributed by atoms with van der Waals surface area (Å²) >= 11 is 0. The molecule has 3 nitrogen and oxygen atoms in total. The quantitative estimate of drug-likeness (QED) is 0.780. The van der Waals surface area contributed by atoms with Crippen molar-refractivity contribution in [2.45, 2.75) is 59.4 Å². The molecule has 17 heavy (non-hydrogen) atoms. The van der Waals surface area contributed by atoms with Crippen molar-refractivity contribution >= 4 is 6.03 Å². The van der Waals surface area contributed by atoms with Crippen molar-refractivity contribution in [3.63, 3.8) is 0 Å². The molecule has 2 amide bonds. The number of carbonyl (C=O) groups excluding carboxylic acids is 1. The van der Waals surface area contributed by atoms with Crippen molar-refractivity contribution in [3.8, 4) is 0 Å². The first-order valence-corrected chi connectivity index (χ1v) is 6.64. The van der Waals surface area contributed by atoms with Crippen molar-refractivity contribution in [1.82, 2.24) is 10.6 Å². The Balaban J connectivity index is 2.51. The normalized spacial score (nSPS) is 23.1. The van der Waals surface area contributed by atoms with Crippen LogP contribution in [0.4, 0.5) is 4.79 Å². The van der Waals surface area contributed by atoms with E-state index in [1.54, 1.807) is 0 Å². The van der Waals surface area contributed by atoms with Crippen molar-refractivity contribution in [1.29, 1.82) is 0 Å². The maximum absolute atomic E-state index is 11.6. The average molecular weight is 239 g/mol. The molecule has 1 radical (unpaired) electrons. The lowest BCUT2D eigenvalue weighted by Crippen LogP contribution is -2.49. The Hall–Kier alpha value is -0.730. The third kappa shape index (κ3) is 4.97. The van der Waals surface area contributed by atoms with Gasteiger partial charge >= 0.3 is 6.03 Å². The van der Waals surface area contributed by atoms with Gasteiger partial charge < -0.3 is 10.6 Å². The predicted octanol–water partition coefficient (Wildman–Crippen LogP) is 3.11. The summed E-state index contributed by atoms with van der Waals surface area (Å²) in [6.45, 7) is 13.8. The first kappa shape index (κ1) is 14.3. The molecule has 0 bridgehead atoms. The highest BCUT2D eigenvalue weighted by Gasteiger charge is 2.38. The topological polar surface area (TPSA) is 41.1 Å². The largest absolute Gasteiger partial charge is 0.338 e. The number of carbonyl (C=O) groups is 1. The first-order valence-electron chi connectivity index (χ1n) is 6.64. The molecule has 1 aliphatic carbocycles. The van der Waals surface area contributed by atoms with Crippen LogP contribution in [0.5, 0.6) is 0 Å². The molecule has 1 aliphatic rings. The molecule has 2 atom stereocenters. The third-order valence-corrected chi connectivity index (χ3v) is 3.31. The molecule has 3 heteroatoms. The number of urea groups is 1. The molecule has 0 spiro atoms. The summed E-state index contributed by atoms with van der Waals surface area (Å²) < 4.78 is 0. The van der Waals surface area contributed by atoms with E-state index in [0.717, 1.165) is 32.2 Å². The molecular formula is C14H27N2O. The number of hydrogen-bond acceptors (Lipinski definition) is 1. The maximum Gasteiger partial charge on any atom is 0.315 e. The minimum absolute atomic E-state index is 0.0367. The lowest BCUT2D eigenvalue weighted by molar-refractivity contribution is 0.106. The van der Waals surface area contributed by atoms with E-state index in [1.807, 2.05) is 0 Å². The molecule has 0 aromatic heterocycles. The van der Waals surface area contributed by atoms with Crippen LogP contribution in [0.1, 0.15) is 53.4 Å². The summed E-state index contributed by atoms with van der Waals surface area (Å²) in [6.07, 6.45) is 4.10. The van der Waals surface area contributed by atoms with Gasteiger partial charge in [0.15, 0.2) is 0 Å². The van der Waals surface area contributed by atoms with Gasteiger partial charge in [-0.15, -0.1) is 0 Å². The number of rotatable bonds is 3. The Morgan fingerprint density at radius 3 is 2.53 bits per heavy atom. The van der Waals surface area contributed by atoms with E-state index in [0.29, 0.717) is 0 Å². The Morgan fingerprint density at radius 2 is 2.00 bits per heavy atom. The van der Waals surface area contributed by atoms with Gasteiger partial charge in [-0.25, -0.2) is 4.79 Å². The molecular weight excluding hydrogens is 212 g/mol. The van der Waals surface area contributed by atoms with Crippen LogP contribution in [-0.2, 0) is 0 Å². The summed E-state index contributed by atoms with van der Waals surface area (Å²) in [5, 5.41) is 5.94.